The van der Waals surface area contributed by atoms with Crippen molar-refractivity contribution >= 4 is 47.3 Å². The molecule has 2 aliphatic heterocycles. The van der Waals surface area contributed by atoms with E-state index in [0.29, 0.717) is 28.3 Å². The Kier molecular flexibility index (Phi) is 8.58. The Morgan fingerprint density at radius 3 is 2.14 bits per heavy atom. The molecule has 0 saturated carbocycles. The second-order valence-corrected chi connectivity index (χ2v) is 10.1. The lowest BCUT2D eigenvalue weighted by molar-refractivity contribution is 0.306. The van der Waals surface area contributed by atoms with Crippen molar-refractivity contribution in [2.45, 2.75) is 45.1 Å². The minimum atomic E-state index is 0.320. The van der Waals surface area contributed by atoms with E-state index in [2.05, 4.69) is 20.3 Å². The number of aromatic nitrogens is 3. The van der Waals surface area contributed by atoms with Gasteiger partial charge >= 0.3 is 0 Å². The van der Waals surface area contributed by atoms with Crippen LogP contribution in [0.2, 0.25) is 10.0 Å². The van der Waals surface area contributed by atoms with Gasteiger partial charge in [0.1, 0.15) is 12.4 Å². The van der Waals surface area contributed by atoms with Crippen LogP contribution < -0.4 is 20.0 Å². The molecule has 37 heavy (non-hydrogen) atoms. The molecular weight excluding hydrogens is 509 g/mol. The van der Waals surface area contributed by atoms with Crippen LogP contribution in [0.25, 0.3) is 0 Å². The number of ether oxygens (including phenoxy) is 1. The van der Waals surface area contributed by atoms with E-state index in [1.807, 2.05) is 30.3 Å². The van der Waals surface area contributed by atoms with Crippen molar-refractivity contribution in [2.75, 3.05) is 41.4 Å². The van der Waals surface area contributed by atoms with Gasteiger partial charge in [-0.25, -0.2) is 5.43 Å². The zero-order chi connectivity index (χ0) is 25.5. The highest BCUT2D eigenvalue weighted by Gasteiger charge is 2.20. The third-order valence-electron chi connectivity index (χ3n) is 6.58. The molecule has 2 saturated heterocycles. The number of nitrogens with zero attached hydrogens (tertiary/aromatic N) is 6. The van der Waals surface area contributed by atoms with Crippen LogP contribution in [-0.4, -0.2) is 47.3 Å². The van der Waals surface area contributed by atoms with E-state index in [0.717, 1.165) is 74.9 Å². The summed E-state index contributed by atoms with van der Waals surface area (Å²) in [4.78, 5) is 18.7. The molecule has 1 aromatic heterocycles. The second-order valence-electron chi connectivity index (χ2n) is 9.29. The molecule has 2 aliphatic rings. The standard InChI is InChI=1S/C27H31Cl2N7O/c28-22-12-11-21(23(29)17-22)19-37-24-10-4-3-9-20(24)18-30-34-25-31-26(35-13-5-1-6-14-35)33-27(32-25)36-15-7-2-8-16-36/h3-4,9-12,17-18H,1-2,5-8,13-16,19H2,(H,31,32,33,34)/b30-18+. The maximum absolute atomic E-state index is 6.30. The van der Waals surface area contributed by atoms with E-state index >= 15 is 0 Å². The summed E-state index contributed by atoms with van der Waals surface area (Å²) in [5.74, 6) is 2.57. The molecule has 3 heterocycles. The number of rotatable bonds is 8. The average Bonchev–Trinajstić information content (AvgIpc) is 2.94. The molecule has 194 valence electrons. The predicted molar refractivity (Wildman–Crippen MR) is 150 cm³/mol. The number of piperidine rings is 2. The molecule has 0 unspecified atom stereocenters. The first-order chi connectivity index (χ1) is 18.2. The Balaban J connectivity index is 1.31. The third kappa shape index (κ3) is 6.81. The van der Waals surface area contributed by atoms with Crippen molar-refractivity contribution in [3.63, 3.8) is 0 Å². The lowest BCUT2D eigenvalue weighted by Gasteiger charge is -2.30. The van der Waals surface area contributed by atoms with Gasteiger partial charge in [-0.05, 0) is 62.8 Å². The van der Waals surface area contributed by atoms with Crippen LogP contribution in [0.4, 0.5) is 17.8 Å². The molecule has 2 fully saturated rings. The molecule has 5 rings (SSSR count). The molecule has 0 amide bonds. The summed E-state index contributed by atoms with van der Waals surface area (Å²) in [6.45, 7) is 4.19. The van der Waals surface area contributed by atoms with Crippen LogP contribution >= 0.6 is 23.2 Å². The molecule has 10 heteroatoms. The van der Waals surface area contributed by atoms with Gasteiger partial charge in [0.05, 0.1) is 6.21 Å². The Morgan fingerprint density at radius 2 is 1.49 bits per heavy atom. The lowest BCUT2D eigenvalue weighted by atomic mass is 10.1. The van der Waals surface area contributed by atoms with Crippen LogP contribution in [0, 0.1) is 0 Å². The second kappa shape index (κ2) is 12.4. The van der Waals surface area contributed by atoms with Gasteiger partial charge in [0, 0.05) is 47.4 Å². The number of anilines is 3. The first kappa shape index (κ1) is 25.5. The fraction of sp³-hybridized carbons (Fsp3) is 0.407. The van der Waals surface area contributed by atoms with Crippen molar-refractivity contribution in [3.8, 4) is 5.75 Å². The van der Waals surface area contributed by atoms with E-state index in [9.17, 15) is 0 Å². The molecular formula is C27H31Cl2N7O. The van der Waals surface area contributed by atoms with Gasteiger partial charge in [0.2, 0.25) is 17.8 Å². The van der Waals surface area contributed by atoms with Crippen molar-refractivity contribution in [1.29, 1.82) is 0 Å². The number of benzene rings is 2. The zero-order valence-electron chi connectivity index (χ0n) is 20.7. The molecule has 0 bridgehead atoms. The van der Waals surface area contributed by atoms with Gasteiger partial charge in [-0.3, -0.25) is 0 Å². The predicted octanol–water partition coefficient (Wildman–Crippen LogP) is 6.18. The van der Waals surface area contributed by atoms with Gasteiger partial charge in [-0.1, -0.05) is 41.4 Å². The van der Waals surface area contributed by atoms with E-state index in [1.165, 1.54) is 12.8 Å². The number of para-hydroxylation sites is 1. The van der Waals surface area contributed by atoms with E-state index in [1.54, 1.807) is 18.3 Å². The zero-order valence-corrected chi connectivity index (χ0v) is 22.3. The summed E-state index contributed by atoms with van der Waals surface area (Å²) in [5, 5.41) is 5.61. The van der Waals surface area contributed by atoms with Crippen molar-refractivity contribution in [1.82, 2.24) is 15.0 Å². The fourth-order valence-corrected chi connectivity index (χ4v) is 5.01. The quantitative estimate of drug-likeness (QED) is 0.270. The maximum atomic E-state index is 6.30. The molecule has 0 spiro atoms. The van der Waals surface area contributed by atoms with Crippen molar-refractivity contribution in [2.24, 2.45) is 5.10 Å². The number of hydrogen-bond acceptors (Lipinski definition) is 8. The van der Waals surface area contributed by atoms with E-state index in [4.69, 9.17) is 42.9 Å². The normalized spacial score (nSPS) is 16.3. The van der Waals surface area contributed by atoms with E-state index in [-0.39, 0.29) is 0 Å². The maximum Gasteiger partial charge on any atom is 0.250 e. The number of nitrogens with one attached hydrogen (secondary N) is 1. The SMILES string of the molecule is Clc1ccc(COc2ccccc2/C=N/Nc2nc(N3CCCCC3)nc(N3CCCCC3)n2)c(Cl)c1. The molecule has 8 nitrogen and oxygen atoms in total. The minimum absolute atomic E-state index is 0.320. The van der Waals surface area contributed by atoms with E-state index < -0.39 is 0 Å². The molecule has 2 aromatic carbocycles. The topological polar surface area (TPSA) is 78.8 Å². The highest BCUT2D eigenvalue weighted by Crippen LogP contribution is 2.25. The highest BCUT2D eigenvalue weighted by molar-refractivity contribution is 6.35. The number of halogens is 2. The minimum Gasteiger partial charge on any atom is -0.488 e. The number of hydrogen-bond donors (Lipinski definition) is 1. The molecule has 3 aromatic rings. The summed E-state index contributed by atoms with van der Waals surface area (Å²) in [7, 11) is 0. The first-order valence-electron chi connectivity index (χ1n) is 12.9. The van der Waals surface area contributed by atoms with Crippen molar-refractivity contribution in [3.05, 3.63) is 63.6 Å². The lowest BCUT2D eigenvalue weighted by Crippen LogP contribution is -2.34. The molecule has 0 radical (unpaired) electrons. The van der Waals surface area contributed by atoms with Crippen LogP contribution in [-0.2, 0) is 6.61 Å². The summed E-state index contributed by atoms with van der Waals surface area (Å²) in [6.07, 6.45) is 8.84. The molecule has 0 atom stereocenters. The van der Waals surface area contributed by atoms with Gasteiger partial charge in [-0.2, -0.15) is 20.1 Å². The first-order valence-corrected chi connectivity index (χ1v) is 13.6. The van der Waals surface area contributed by atoms with Gasteiger partial charge < -0.3 is 14.5 Å². The smallest absolute Gasteiger partial charge is 0.250 e. The number of hydrazone groups is 1. The molecule has 1 N–H and O–H groups in total. The third-order valence-corrected chi connectivity index (χ3v) is 7.16. The summed E-state index contributed by atoms with van der Waals surface area (Å²) in [5.41, 5.74) is 4.71. The Bertz CT molecular complexity index is 1190. The van der Waals surface area contributed by atoms with Crippen LogP contribution in [0.5, 0.6) is 5.75 Å². The monoisotopic (exact) mass is 539 g/mol. The molecule has 0 aliphatic carbocycles. The summed E-state index contributed by atoms with van der Waals surface area (Å²) >= 11 is 12.3. The Hall–Kier alpha value is -3.10. The van der Waals surface area contributed by atoms with Crippen LogP contribution in [0.15, 0.2) is 47.6 Å². The Morgan fingerprint density at radius 1 is 0.838 bits per heavy atom. The van der Waals surface area contributed by atoms with Gasteiger partial charge in [0.15, 0.2) is 0 Å². The largest absolute Gasteiger partial charge is 0.488 e. The van der Waals surface area contributed by atoms with Crippen molar-refractivity contribution < 1.29 is 4.74 Å². The van der Waals surface area contributed by atoms with Gasteiger partial charge in [0.25, 0.3) is 0 Å². The van der Waals surface area contributed by atoms with Crippen LogP contribution in [0.3, 0.4) is 0 Å². The van der Waals surface area contributed by atoms with Crippen LogP contribution in [0.1, 0.15) is 49.7 Å². The summed E-state index contributed by atoms with van der Waals surface area (Å²) < 4.78 is 6.04. The Labute approximate surface area is 227 Å². The highest BCUT2D eigenvalue weighted by atomic mass is 35.5. The average molecular weight is 540 g/mol. The fourth-order valence-electron chi connectivity index (χ4n) is 4.55. The summed E-state index contributed by atoms with van der Waals surface area (Å²) in [6, 6.07) is 13.1. The van der Waals surface area contributed by atoms with Gasteiger partial charge in [-0.15, -0.1) is 0 Å².